The third kappa shape index (κ3) is 6.25. The molecule has 0 aliphatic carbocycles. The highest BCUT2D eigenvalue weighted by atomic mass is 16.5. The van der Waals surface area contributed by atoms with Gasteiger partial charge in [0.05, 0.1) is 6.10 Å². The number of amides is 1. The van der Waals surface area contributed by atoms with Crippen molar-refractivity contribution in [3.05, 3.63) is 17.6 Å². The lowest BCUT2D eigenvalue weighted by Crippen LogP contribution is -2.41. The molecule has 0 spiro atoms. The van der Waals surface area contributed by atoms with Crippen LogP contribution in [0.4, 0.5) is 4.79 Å². The Morgan fingerprint density at radius 3 is 1.86 bits per heavy atom. The Morgan fingerprint density at radius 2 is 1.55 bits per heavy atom. The molecule has 0 saturated carbocycles. The Labute approximate surface area is 135 Å². The quantitative estimate of drug-likeness (QED) is 0.607. The largest absolute Gasteiger partial charge is 0.415 e. The van der Waals surface area contributed by atoms with Gasteiger partial charge in [-0.1, -0.05) is 40.3 Å². The van der Waals surface area contributed by atoms with Crippen LogP contribution in [0.3, 0.4) is 0 Å². The predicted octanol–water partition coefficient (Wildman–Crippen LogP) is 4.34. The van der Waals surface area contributed by atoms with Gasteiger partial charge < -0.3 is 14.7 Å². The highest BCUT2D eigenvalue weighted by molar-refractivity contribution is 5.68. The predicted molar refractivity (Wildman–Crippen MR) is 90.5 cm³/mol. The fourth-order valence-electron chi connectivity index (χ4n) is 2.30. The first kappa shape index (κ1) is 20.8. The van der Waals surface area contributed by atoms with Gasteiger partial charge in [0, 0.05) is 17.7 Å². The standard InChI is InChI=1S/C18H33NO3/c1-12(2)16(20)15(18(7,8)9)10-11-22-17(21)19(13(3)4)14(5)6/h11-14,16,20H,1-9H3/t10?,16-/m1/s1. The maximum absolute atomic E-state index is 12.1. The van der Waals surface area contributed by atoms with Crippen LogP contribution in [0.15, 0.2) is 17.6 Å². The van der Waals surface area contributed by atoms with Gasteiger partial charge in [-0.25, -0.2) is 4.79 Å². The van der Waals surface area contributed by atoms with E-state index in [1.165, 1.54) is 6.26 Å². The maximum Gasteiger partial charge on any atom is 0.415 e. The van der Waals surface area contributed by atoms with Gasteiger partial charge in [0.2, 0.25) is 0 Å². The van der Waals surface area contributed by atoms with Gasteiger partial charge in [-0.15, -0.1) is 0 Å². The zero-order valence-corrected chi connectivity index (χ0v) is 15.6. The molecule has 1 N–H and O–H groups in total. The lowest BCUT2D eigenvalue weighted by molar-refractivity contribution is 0.108. The SMILES string of the molecule is CC(C)[C@@H](O)C(=C=COC(=O)N(C(C)C)C(C)C)C(C)(C)C. The number of carbonyl (C=O) groups excluding carboxylic acids is 1. The molecule has 0 heterocycles. The first-order valence-electron chi connectivity index (χ1n) is 8.02. The van der Waals surface area contributed by atoms with Crippen molar-refractivity contribution < 1.29 is 14.6 Å². The monoisotopic (exact) mass is 311 g/mol. The molecule has 0 aromatic heterocycles. The van der Waals surface area contributed by atoms with E-state index in [0.717, 1.165) is 5.57 Å². The molecule has 0 rings (SSSR count). The number of hydrogen-bond acceptors (Lipinski definition) is 3. The van der Waals surface area contributed by atoms with Crippen LogP contribution < -0.4 is 0 Å². The Kier molecular flexibility index (Phi) is 7.92. The number of nitrogens with zero attached hydrogens (tertiary/aromatic N) is 1. The van der Waals surface area contributed by atoms with Crippen molar-refractivity contribution in [3.63, 3.8) is 0 Å². The Balaban J connectivity index is 5.29. The molecule has 128 valence electrons. The van der Waals surface area contributed by atoms with Crippen LogP contribution in [-0.2, 0) is 4.74 Å². The van der Waals surface area contributed by atoms with Crippen LogP contribution in [0, 0.1) is 11.3 Å². The van der Waals surface area contributed by atoms with Gasteiger partial charge in [0.1, 0.15) is 6.26 Å². The summed E-state index contributed by atoms with van der Waals surface area (Å²) in [6.07, 6.45) is 0.262. The van der Waals surface area contributed by atoms with Crippen LogP contribution in [0.5, 0.6) is 0 Å². The van der Waals surface area contributed by atoms with Gasteiger partial charge in [0.25, 0.3) is 0 Å². The molecule has 0 radical (unpaired) electrons. The van der Waals surface area contributed by atoms with E-state index < -0.39 is 12.2 Å². The van der Waals surface area contributed by atoms with E-state index in [1.807, 2.05) is 62.3 Å². The maximum atomic E-state index is 12.1. The minimum absolute atomic E-state index is 0.0632. The number of aliphatic hydroxyl groups excluding tert-OH is 1. The molecule has 0 unspecified atom stereocenters. The Morgan fingerprint density at radius 1 is 1.09 bits per heavy atom. The summed E-state index contributed by atoms with van der Waals surface area (Å²) in [7, 11) is 0. The van der Waals surface area contributed by atoms with Crippen LogP contribution in [0.2, 0.25) is 0 Å². The molecule has 0 aromatic rings. The Hall–Kier alpha value is -1.25. The second-order valence-electron chi connectivity index (χ2n) is 7.59. The van der Waals surface area contributed by atoms with Gasteiger partial charge in [-0.05, 0) is 39.0 Å². The molecule has 1 atom stereocenters. The van der Waals surface area contributed by atoms with Crippen molar-refractivity contribution >= 4 is 6.09 Å². The lowest BCUT2D eigenvalue weighted by atomic mass is 9.80. The molecule has 0 saturated heterocycles. The fraction of sp³-hybridized carbons (Fsp3) is 0.778. The smallest absolute Gasteiger partial charge is 0.410 e. The van der Waals surface area contributed by atoms with Gasteiger partial charge in [0.15, 0.2) is 0 Å². The van der Waals surface area contributed by atoms with Crippen molar-refractivity contribution in [3.8, 4) is 0 Å². The van der Waals surface area contributed by atoms with Crippen LogP contribution >= 0.6 is 0 Å². The van der Waals surface area contributed by atoms with E-state index >= 15 is 0 Å². The molecular weight excluding hydrogens is 278 g/mol. The van der Waals surface area contributed by atoms with E-state index in [0.29, 0.717) is 0 Å². The van der Waals surface area contributed by atoms with E-state index in [4.69, 9.17) is 4.74 Å². The number of hydrogen-bond donors (Lipinski definition) is 1. The molecule has 0 fully saturated rings. The van der Waals surface area contributed by atoms with Crippen molar-refractivity contribution in [2.45, 2.75) is 80.5 Å². The Bertz CT molecular complexity index is 416. The first-order chi connectivity index (χ1) is 9.89. The molecule has 0 aliphatic heterocycles. The van der Waals surface area contributed by atoms with Crippen molar-refractivity contribution in [1.82, 2.24) is 4.90 Å². The summed E-state index contributed by atoms with van der Waals surface area (Å²) >= 11 is 0. The minimum Gasteiger partial charge on any atom is -0.410 e. The highest BCUT2D eigenvalue weighted by Gasteiger charge is 2.26. The highest BCUT2D eigenvalue weighted by Crippen LogP contribution is 2.30. The van der Waals surface area contributed by atoms with E-state index in [9.17, 15) is 9.90 Å². The van der Waals surface area contributed by atoms with Crippen LogP contribution in [0.1, 0.15) is 62.3 Å². The molecule has 4 heteroatoms. The summed E-state index contributed by atoms with van der Waals surface area (Å²) in [4.78, 5) is 13.8. The number of carbonyl (C=O) groups is 1. The molecule has 0 aromatic carbocycles. The summed E-state index contributed by atoms with van der Waals surface area (Å²) in [5, 5.41) is 10.3. The van der Waals surface area contributed by atoms with Crippen molar-refractivity contribution in [1.29, 1.82) is 0 Å². The zero-order chi connectivity index (χ0) is 17.7. The van der Waals surface area contributed by atoms with Crippen LogP contribution in [-0.4, -0.2) is 34.3 Å². The summed E-state index contributed by atoms with van der Waals surface area (Å²) in [5.41, 5.74) is 3.46. The number of aliphatic hydroxyl groups is 1. The van der Waals surface area contributed by atoms with E-state index in [-0.39, 0.29) is 23.4 Å². The summed E-state index contributed by atoms with van der Waals surface area (Å²) < 4.78 is 5.20. The van der Waals surface area contributed by atoms with Gasteiger partial charge in [-0.2, -0.15) is 0 Å². The normalized spacial score (nSPS) is 13.1. The molecule has 0 bridgehead atoms. The molecule has 4 nitrogen and oxygen atoms in total. The topological polar surface area (TPSA) is 49.8 Å². The minimum atomic E-state index is -0.610. The summed E-state index contributed by atoms with van der Waals surface area (Å²) in [5.74, 6) is 0.0775. The number of ether oxygens (including phenoxy) is 1. The first-order valence-corrected chi connectivity index (χ1v) is 8.02. The molecule has 1 amide bonds. The fourth-order valence-corrected chi connectivity index (χ4v) is 2.30. The summed E-state index contributed by atoms with van der Waals surface area (Å²) in [6.45, 7) is 17.7. The van der Waals surface area contributed by atoms with Gasteiger partial charge in [-0.3, -0.25) is 0 Å². The molecule has 0 aliphatic rings. The second-order valence-corrected chi connectivity index (χ2v) is 7.59. The number of rotatable bonds is 5. The third-order valence-corrected chi connectivity index (χ3v) is 3.43. The molecule has 22 heavy (non-hydrogen) atoms. The lowest BCUT2D eigenvalue weighted by Gasteiger charge is -2.29. The average Bonchev–Trinajstić information content (AvgIpc) is 2.31. The zero-order valence-electron chi connectivity index (χ0n) is 15.6. The van der Waals surface area contributed by atoms with E-state index in [1.54, 1.807) is 4.90 Å². The van der Waals surface area contributed by atoms with Gasteiger partial charge >= 0.3 is 6.09 Å². The second kappa shape index (κ2) is 8.40. The van der Waals surface area contributed by atoms with E-state index in [2.05, 4.69) is 5.73 Å². The van der Waals surface area contributed by atoms with Crippen molar-refractivity contribution in [2.75, 3.05) is 0 Å². The van der Waals surface area contributed by atoms with Crippen LogP contribution in [0.25, 0.3) is 0 Å². The average molecular weight is 311 g/mol. The molecular formula is C18H33NO3. The third-order valence-electron chi connectivity index (χ3n) is 3.43. The van der Waals surface area contributed by atoms with Crippen molar-refractivity contribution in [2.24, 2.45) is 11.3 Å². The summed E-state index contributed by atoms with van der Waals surface area (Å²) in [6, 6.07) is 0.126.